The predicted molar refractivity (Wildman–Crippen MR) is 95.3 cm³/mol. The predicted octanol–water partition coefficient (Wildman–Crippen LogP) is 2.17. The van der Waals surface area contributed by atoms with Crippen molar-refractivity contribution in [2.45, 2.75) is 5.16 Å². The highest BCUT2D eigenvalue weighted by Crippen LogP contribution is 2.14. The number of para-hydroxylation sites is 1. The number of carbonyl (C=O) groups is 1. The van der Waals surface area contributed by atoms with Crippen LogP contribution in [0.3, 0.4) is 0 Å². The summed E-state index contributed by atoms with van der Waals surface area (Å²) in [6.45, 7) is 0. The van der Waals surface area contributed by atoms with Crippen molar-refractivity contribution < 1.29 is 4.79 Å². The van der Waals surface area contributed by atoms with E-state index in [4.69, 9.17) is 0 Å². The summed E-state index contributed by atoms with van der Waals surface area (Å²) in [4.78, 5) is 30.7. The molecule has 0 bridgehead atoms. The SMILES string of the molecule is O=C(CSc1nc2ccccc2c(=O)[nH]1)NN=Cc1ccccc1. The first-order valence-electron chi connectivity index (χ1n) is 7.21. The molecule has 0 aliphatic carbocycles. The summed E-state index contributed by atoms with van der Waals surface area (Å²) >= 11 is 1.15. The minimum Gasteiger partial charge on any atom is -0.301 e. The van der Waals surface area contributed by atoms with Crippen LogP contribution in [0.4, 0.5) is 0 Å². The number of hydrogen-bond donors (Lipinski definition) is 2. The van der Waals surface area contributed by atoms with Crippen molar-refractivity contribution in [2.75, 3.05) is 5.75 Å². The molecule has 0 fully saturated rings. The van der Waals surface area contributed by atoms with Crippen LogP contribution in [0.15, 0.2) is 69.6 Å². The molecule has 2 aromatic carbocycles. The summed E-state index contributed by atoms with van der Waals surface area (Å²) in [5.41, 5.74) is 3.72. The third-order valence-electron chi connectivity index (χ3n) is 3.13. The van der Waals surface area contributed by atoms with E-state index in [1.807, 2.05) is 36.4 Å². The van der Waals surface area contributed by atoms with Crippen LogP contribution in [0.25, 0.3) is 10.9 Å². The van der Waals surface area contributed by atoms with E-state index < -0.39 is 0 Å². The summed E-state index contributed by atoms with van der Waals surface area (Å²) in [5.74, 6) is -0.170. The molecule has 0 saturated carbocycles. The molecule has 7 heteroatoms. The van der Waals surface area contributed by atoms with Crippen LogP contribution >= 0.6 is 11.8 Å². The first-order chi connectivity index (χ1) is 11.7. The van der Waals surface area contributed by atoms with Gasteiger partial charge in [-0.3, -0.25) is 9.59 Å². The lowest BCUT2D eigenvalue weighted by molar-refractivity contribution is -0.118. The van der Waals surface area contributed by atoms with Crippen molar-refractivity contribution in [2.24, 2.45) is 5.10 Å². The molecule has 120 valence electrons. The monoisotopic (exact) mass is 338 g/mol. The minimum absolute atomic E-state index is 0.105. The van der Waals surface area contributed by atoms with Crippen LogP contribution in [-0.4, -0.2) is 27.8 Å². The number of aromatic amines is 1. The number of aromatic nitrogens is 2. The Morgan fingerprint density at radius 1 is 1.17 bits per heavy atom. The number of hydrogen-bond acceptors (Lipinski definition) is 5. The van der Waals surface area contributed by atoms with Crippen LogP contribution in [0.5, 0.6) is 0 Å². The Kier molecular flexibility index (Phi) is 5.02. The quantitative estimate of drug-likeness (QED) is 0.323. The van der Waals surface area contributed by atoms with Gasteiger partial charge in [0.1, 0.15) is 0 Å². The van der Waals surface area contributed by atoms with Crippen molar-refractivity contribution in [3.05, 3.63) is 70.5 Å². The number of thioether (sulfide) groups is 1. The summed E-state index contributed by atoms with van der Waals surface area (Å²) in [6.07, 6.45) is 1.57. The number of benzene rings is 2. The number of nitrogens with zero attached hydrogens (tertiary/aromatic N) is 2. The molecule has 0 aliphatic heterocycles. The molecule has 24 heavy (non-hydrogen) atoms. The summed E-state index contributed by atoms with van der Waals surface area (Å²) < 4.78 is 0. The van der Waals surface area contributed by atoms with E-state index in [-0.39, 0.29) is 17.2 Å². The Morgan fingerprint density at radius 2 is 1.92 bits per heavy atom. The Hall–Kier alpha value is -2.93. The number of H-pyrrole nitrogens is 1. The van der Waals surface area contributed by atoms with Gasteiger partial charge in [0.15, 0.2) is 5.16 Å². The first kappa shape index (κ1) is 15.9. The van der Waals surface area contributed by atoms with Crippen molar-refractivity contribution in [1.29, 1.82) is 0 Å². The van der Waals surface area contributed by atoms with Gasteiger partial charge in [0.25, 0.3) is 11.5 Å². The zero-order valence-corrected chi connectivity index (χ0v) is 13.4. The number of amides is 1. The highest BCUT2D eigenvalue weighted by Gasteiger charge is 2.06. The zero-order valence-electron chi connectivity index (χ0n) is 12.6. The lowest BCUT2D eigenvalue weighted by Crippen LogP contribution is -2.20. The second kappa shape index (κ2) is 7.56. The first-order valence-corrected chi connectivity index (χ1v) is 8.20. The standard InChI is InChI=1S/C17H14N4O2S/c22-15(21-18-10-12-6-2-1-3-7-12)11-24-17-19-14-9-5-4-8-13(14)16(23)20-17/h1-10H,11H2,(H,21,22)(H,19,20,23). The van der Waals surface area contributed by atoms with E-state index in [9.17, 15) is 9.59 Å². The molecule has 0 saturated heterocycles. The van der Waals surface area contributed by atoms with Crippen molar-refractivity contribution in [3.63, 3.8) is 0 Å². The topological polar surface area (TPSA) is 87.2 Å². The van der Waals surface area contributed by atoms with E-state index in [2.05, 4.69) is 20.5 Å². The fourth-order valence-electron chi connectivity index (χ4n) is 2.02. The summed E-state index contributed by atoms with van der Waals surface area (Å²) in [5, 5.41) is 4.82. The van der Waals surface area contributed by atoms with Crippen LogP contribution in [-0.2, 0) is 4.79 Å². The van der Waals surface area contributed by atoms with Gasteiger partial charge in [0.05, 0.1) is 22.9 Å². The second-order valence-electron chi connectivity index (χ2n) is 4.88. The van der Waals surface area contributed by atoms with Crippen molar-refractivity contribution in [3.8, 4) is 0 Å². The van der Waals surface area contributed by atoms with Crippen molar-refractivity contribution in [1.82, 2.24) is 15.4 Å². The Morgan fingerprint density at radius 3 is 2.75 bits per heavy atom. The van der Waals surface area contributed by atoms with Crippen LogP contribution in [0, 0.1) is 0 Å². The number of fused-ring (bicyclic) bond motifs is 1. The molecule has 0 spiro atoms. The lowest BCUT2D eigenvalue weighted by Gasteiger charge is -2.02. The van der Waals surface area contributed by atoms with Gasteiger partial charge in [0.2, 0.25) is 0 Å². The van der Waals surface area contributed by atoms with Gasteiger partial charge >= 0.3 is 0 Å². The van der Waals surface area contributed by atoms with Gasteiger partial charge in [-0.05, 0) is 17.7 Å². The van der Waals surface area contributed by atoms with Gasteiger partial charge < -0.3 is 4.98 Å². The van der Waals surface area contributed by atoms with Crippen LogP contribution < -0.4 is 11.0 Å². The Bertz CT molecular complexity index is 938. The summed E-state index contributed by atoms with van der Waals surface area (Å²) in [7, 11) is 0. The van der Waals surface area contributed by atoms with Crippen LogP contribution in [0.1, 0.15) is 5.56 Å². The van der Waals surface area contributed by atoms with Gasteiger partial charge in [-0.2, -0.15) is 5.10 Å². The third-order valence-corrected chi connectivity index (χ3v) is 4.01. The fourth-order valence-corrected chi connectivity index (χ4v) is 2.68. The molecule has 0 unspecified atom stereocenters. The Balaban J connectivity index is 1.58. The second-order valence-corrected chi connectivity index (χ2v) is 5.84. The van der Waals surface area contributed by atoms with Gasteiger partial charge in [0, 0.05) is 0 Å². The largest absolute Gasteiger partial charge is 0.301 e. The number of rotatable bonds is 5. The lowest BCUT2D eigenvalue weighted by atomic mass is 10.2. The molecule has 1 amide bonds. The molecule has 0 aliphatic rings. The molecule has 1 heterocycles. The molecule has 3 aromatic rings. The zero-order chi connectivity index (χ0) is 16.8. The van der Waals surface area contributed by atoms with E-state index in [0.717, 1.165) is 17.3 Å². The molecule has 3 rings (SSSR count). The van der Waals surface area contributed by atoms with Crippen LogP contribution in [0.2, 0.25) is 0 Å². The third kappa shape index (κ3) is 4.08. The van der Waals surface area contributed by atoms with Gasteiger partial charge in [-0.15, -0.1) is 0 Å². The Labute approximate surface area is 142 Å². The maximum absolute atomic E-state index is 11.9. The molecule has 1 aromatic heterocycles. The highest BCUT2D eigenvalue weighted by atomic mass is 32.2. The van der Waals surface area contributed by atoms with E-state index in [0.29, 0.717) is 16.1 Å². The summed E-state index contributed by atoms with van der Waals surface area (Å²) in [6, 6.07) is 16.5. The maximum Gasteiger partial charge on any atom is 0.259 e. The van der Waals surface area contributed by atoms with Gasteiger partial charge in [-0.25, -0.2) is 10.4 Å². The smallest absolute Gasteiger partial charge is 0.259 e. The normalized spacial score (nSPS) is 11.0. The molecular weight excluding hydrogens is 324 g/mol. The molecular formula is C17H14N4O2S. The molecule has 6 nitrogen and oxygen atoms in total. The van der Waals surface area contributed by atoms with E-state index >= 15 is 0 Å². The number of carbonyl (C=O) groups excluding carboxylic acids is 1. The molecule has 2 N–H and O–H groups in total. The molecule has 0 atom stereocenters. The molecule has 0 radical (unpaired) electrons. The number of hydrazone groups is 1. The maximum atomic E-state index is 11.9. The number of nitrogens with one attached hydrogen (secondary N) is 2. The van der Waals surface area contributed by atoms with E-state index in [1.54, 1.807) is 24.4 Å². The van der Waals surface area contributed by atoms with Gasteiger partial charge in [-0.1, -0.05) is 54.2 Å². The average molecular weight is 338 g/mol. The van der Waals surface area contributed by atoms with Crippen molar-refractivity contribution >= 4 is 34.8 Å². The highest BCUT2D eigenvalue weighted by molar-refractivity contribution is 7.99. The average Bonchev–Trinajstić information content (AvgIpc) is 2.61. The van der Waals surface area contributed by atoms with E-state index in [1.165, 1.54) is 0 Å². The minimum atomic E-state index is -0.275. The fraction of sp³-hybridized carbons (Fsp3) is 0.0588.